The fourth-order valence-corrected chi connectivity index (χ4v) is 0.834. The molecule has 0 heterocycles. The van der Waals surface area contributed by atoms with Crippen LogP contribution in [-0.4, -0.2) is 0 Å². The third kappa shape index (κ3) is 1.25. The first kappa shape index (κ1) is 7.82. The molecule has 0 amide bonds. The molecule has 0 fully saturated rings. The molecule has 0 bridgehead atoms. The molecule has 0 aliphatic heterocycles. The van der Waals surface area contributed by atoms with E-state index in [0.29, 0.717) is 0 Å². The summed E-state index contributed by atoms with van der Waals surface area (Å²) in [7, 11) is 0. The highest BCUT2D eigenvalue weighted by Gasteiger charge is 2.08. The van der Waals surface area contributed by atoms with Gasteiger partial charge in [0.15, 0.2) is 11.6 Å². The lowest BCUT2D eigenvalue weighted by Crippen LogP contribution is -1.85. The predicted octanol–water partition coefficient (Wildman–Crippen LogP) is 2.91. The van der Waals surface area contributed by atoms with Gasteiger partial charge in [-0.3, -0.25) is 0 Å². The van der Waals surface area contributed by atoms with E-state index in [0.717, 1.165) is 0 Å². The zero-order chi connectivity index (χ0) is 7.72. The maximum Gasteiger partial charge on any atom is 0.178 e. The van der Waals surface area contributed by atoms with Crippen molar-refractivity contribution in [3.05, 3.63) is 28.8 Å². The molecule has 0 nitrogen and oxygen atoms in total. The van der Waals surface area contributed by atoms with Crippen LogP contribution in [0.4, 0.5) is 8.78 Å². The van der Waals surface area contributed by atoms with E-state index >= 15 is 0 Å². The first-order valence-electron chi connectivity index (χ1n) is 2.45. The fourth-order valence-electron chi connectivity index (χ4n) is 0.516. The van der Waals surface area contributed by atoms with Crippen LogP contribution in [0.25, 0.3) is 0 Å². The van der Waals surface area contributed by atoms with E-state index in [1.165, 1.54) is 12.1 Å². The van der Waals surface area contributed by atoms with Crippen LogP contribution in [-0.2, 0) is 0 Å². The van der Waals surface area contributed by atoms with Crippen molar-refractivity contribution in [3.8, 4) is 0 Å². The lowest BCUT2D eigenvalue weighted by molar-refractivity contribution is 0.492. The Labute approximate surface area is 67.2 Å². The maximum atomic E-state index is 12.5. The molecule has 0 aromatic heterocycles. The largest absolute Gasteiger partial charge is 0.202 e. The monoisotopic (exact) mass is 180 g/mol. The van der Waals surface area contributed by atoms with E-state index < -0.39 is 11.6 Å². The Hall–Kier alpha value is -0.280. The average Bonchev–Trinajstić information content (AvgIpc) is 1.93. The Morgan fingerprint density at radius 2 is 1.80 bits per heavy atom. The molecule has 1 rings (SSSR count). The smallest absolute Gasteiger partial charge is 0.178 e. The number of thiol groups is 1. The molecule has 0 saturated carbocycles. The third-order valence-electron chi connectivity index (χ3n) is 1.01. The summed E-state index contributed by atoms with van der Waals surface area (Å²) >= 11 is 8.88. The Bertz CT molecular complexity index is 235. The maximum absolute atomic E-state index is 12.5. The van der Waals surface area contributed by atoms with Crippen LogP contribution >= 0.6 is 24.2 Å². The third-order valence-corrected chi connectivity index (χ3v) is 1.65. The molecule has 0 N–H and O–H groups in total. The van der Waals surface area contributed by atoms with Gasteiger partial charge in [0.25, 0.3) is 0 Å². The van der Waals surface area contributed by atoms with Crippen molar-refractivity contribution >= 4 is 24.2 Å². The summed E-state index contributed by atoms with van der Waals surface area (Å²) in [6.07, 6.45) is 0. The van der Waals surface area contributed by atoms with E-state index in [4.69, 9.17) is 11.6 Å². The number of benzene rings is 1. The van der Waals surface area contributed by atoms with E-state index in [2.05, 4.69) is 12.6 Å². The summed E-state index contributed by atoms with van der Waals surface area (Å²) in [5.74, 6) is -2.05. The highest BCUT2D eigenvalue weighted by molar-refractivity contribution is 7.80. The van der Waals surface area contributed by atoms with Crippen molar-refractivity contribution in [1.82, 2.24) is 0 Å². The molecule has 10 heavy (non-hydrogen) atoms. The normalized spacial score (nSPS) is 10.0. The van der Waals surface area contributed by atoms with Crippen LogP contribution in [0.3, 0.4) is 0 Å². The molecular formula is C6H3ClF2S. The second kappa shape index (κ2) is 2.76. The van der Waals surface area contributed by atoms with Crippen LogP contribution in [0.1, 0.15) is 0 Å². The standard InChI is InChI=1S/C6H3ClF2S/c7-3-1-2-4(10)6(9)5(3)8/h1-2,10H. The minimum absolute atomic E-state index is 0.0399. The van der Waals surface area contributed by atoms with Crippen molar-refractivity contribution in [3.63, 3.8) is 0 Å². The summed E-state index contributed by atoms with van der Waals surface area (Å²) in [5, 5.41) is -0.227. The van der Waals surface area contributed by atoms with Crippen molar-refractivity contribution < 1.29 is 8.78 Å². The topological polar surface area (TPSA) is 0 Å². The van der Waals surface area contributed by atoms with Crippen LogP contribution < -0.4 is 0 Å². The summed E-state index contributed by atoms with van der Waals surface area (Å²) < 4.78 is 24.9. The molecule has 1 aromatic rings. The average molecular weight is 181 g/mol. The molecule has 54 valence electrons. The highest BCUT2D eigenvalue weighted by Crippen LogP contribution is 2.21. The van der Waals surface area contributed by atoms with Crippen LogP contribution in [0.15, 0.2) is 17.0 Å². The van der Waals surface area contributed by atoms with E-state index in [1.807, 2.05) is 0 Å². The lowest BCUT2D eigenvalue weighted by Gasteiger charge is -1.96. The van der Waals surface area contributed by atoms with Crippen molar-refractivity contribution in [2.24, 2.45) is 0 Å². The molecule has 0 atom stereocenters. The lowest BCUT2D eigenvalue weighted by atomic mass is 10.3. The summed E-state index contributed by atoms with van der Waals surface area (Å²) in [6.45, 7) is 0. The second-order valence-electron chi connectivity index (χ2n) is 1.69. The molecule has 0 aliphatic rings. The van der Waals surface area contributed by atoms with Gasteiger partial charge in [-0.1, -0.05) is 11.6 Å². The molecular weight excluding hydrogens is 178 g/mol. The van der Waals surface area contributed by atoms with E-state index in [1.54, 1.807) is 0 Å². The van der Waals surface area contributed by atoms with E-state index in [-0.39, 0.29) is 9.92 Å². The van der Waals surface area contributed by atoms with Crippen molar-refractivity contribution in [1.29, 1.82) is 0 Å². The SMILES string of the molecule is Fc1c(S)ccc(Cl)c1F. The first-order valence-corrected chi connectivity index (χ1v) is 3.28. The van der Waals surface area contributed by atoms with Crippen LogP contribution in [0.5, 0.6) is 0 Å². The molecule has 1 aromatic carbocycles. The Kier molecular flexibility index (Phi) is 2.16. The second-order valence-corrected chi connectivity index (χ2v) is 2.58. The van der Waals surface area contributed by atoms with Crippen molar-refractivity contribution in [2.45, 2.75) is 4.90 Å². The van der Waals surface area contributed by atoms with Gasteiger partial charge in [-0.05, 0) is 12.1 Å². The van der Waals surface area contributed by atoms with Crippen LogP contribution in [0, 0.1) is 11.6 Å². The molecule has 0 radical (unpaired) electrons. The zero-order valence-electron chi connectivity index (χ0n) is 4.74. The van der Waals surface area contributed by atoms with Crippen LogP contribution in [0.2, 0.25) is 5.02 Å². The summed E-state index contributed by atoms with van der Waals surface area (Å²) in [5.41, 5.74) is 0. The number of hydrogen-bond donors (Lipinski definition) is 1. The van der Waals surface area contributed by atoms with Gasteiger partial charge in [0.05, 0.1) is 5.02 Å². The highest BCUT2D eigenvalue weighted by atomic mass is 35.5. The van der Waals surface area contributed by atoms with Gasteiger partial charge in [0, 0.05) is 4.90 Å². The predicted molar refractivity (Wildman–Crippen MR) is 38.6 cm³/mol. The molecule has 0 saturated heterocycles. The Morgan fingerprint density at radius 1 is 1.20 bits per heavy atom. The molecule has 4 heteroatoms. The zero-order valence-corrected chi connectivity index (χ0v) is 6.39. The van der Waals surface area contributed by atoms with E-state index in [9.17, 15) is 8.78 Å². The number of rotatable bonds is 0. The fraction of sp³-hybridized carbons (Fsp3) is 0. The Morgan fingerprint density at radius 3 is 2.30 bits per heavy atom. The number of halogens is 3. The van der Waals surface area contributed by atoms with Gasteiger partial charge in [-0.15, -0.1) is 12.6 Å². The van der Waals surface area contributed by atoms with Gasteiger partial charge < -0.3 is 0 Å². The minimum Gasteiger partial charge on any atom is -0.202 e. The molecule has 0 spiro atoms. The summed E-state index contributed by atoms with van der Waals surface area (Å²) in [4.78, 5) is -0.0399. The van der Waals surface area contributed by atoms with Gasteiger partial charge in [0.2, 0.25) is 0 Å². The van der Waals surface area contributed by atoms with Gasteiger partial charge in [0.1, 0.15) is 0 Å². The first-order chi connectivity index (χ1) is 4.63. The number of hydrogen-bond acceptors (Lipinski definition) is 1. The minimum atomic E-state index is -1.05. The quantitative estimate of drug-likeness (QED) is 0.461. The molecule has 0 aliphatic carbocycles. The Balaban J connectivity index is 3.34. The van der Waals surface area contributed by atoms with Gasteiger partial charge in [-0.2, -0.15) is 0 Å². The summed E-state index contributed by atoms with van der Waals surface area (Å²) in [6, 6.07) is 2.55. The van der Waals surface area contributed by atoms with Gasteiger partial charge >= 0.3 is 0 Å². The van der Waals surface area contributed by atoms with Gasteiger partial charge in [-0.25, -0.2) is 8.78 Å². The molecule has 0 unspecified atom stereocenters. The van der Waals surface area contributed by atoms with Crippen molar-refractivity contribution in [2.75, 3.05) is 0 Å².